The molecule has 0 saturated heterocycles. The van der Waals surface area contributed by atoms with E-state index in [2.05, 4.69) is 5.32 Å². The summed E-state index contributed by atoms with van der Waals surface area (Å²) in [6.45, 7) is 9.30. The van der Waals surface area contributed by atoms with Gasteiger partial charge < -0.3 is 14.8 Å². The number of carbonyl (C=O) groups excluding carboxylic acids is 1. The lowest BCUT2D eigenvalue weighted by Gasteiger charge is -2.18. The Morgan fingerprint density at radius 3 is 2.62 bits per heavy atom. The smallest absolute Gasteiger partial charge is 0.272 e. The van der Waals surface area contributed by atoms with Gasteiger partial charge in [-0.05, 0) is 33.3 Å². The van der Waals surface area contributed by atoms with Crippen LogP contribution in [0.4, 0.5) is 0 Å². The van der Waals surface area contributed by atoms with Gasteiger partial charge in [-0.2, -0.15) is 0 Å². The second-order valence-corrected chi connectivity index (χ2v) is 9.42. The highest BCUT2D eigenvalue weighted by Crippen LogP contribution is 2.31. The zero-order valence-corrected chi connectivity index (χ0v) is 20.7. The maximum absolute atomic E-state index is 13.5. The largest absolute Gasteiger partial charge is 0.353 e. The Morgan fingerprint density at radius 2 is 1.94 bits per heavy atom. The molecule has 1 N–H and O–H groups in total. The minimum absolute atomic E-state index is 0.0677. The van der Waals surface area contributed by atoms with Gasteiger partial charge in [-0.25, -0.2) is 4.98 Å². The van der Waals surface area contributed by atoms with E-state index in [4.69, 9.17) is 14.5 Å². The molecule has 0 radical (unpaired) electrons. The maximum atomic E-state index is 13.5. The van der Waals surface area contributed by atoms with Crippen molar-refractivity contribution in [2.24, 2.45) is 0 Å². The molecule has 1 atom stereocenters. The molecule has 1 aromatic carbocycles. The van der Waals surface area contributed by atoms with Gasteiger partial charge in [0.15, 0.2) is 11.4 Å². The van der Waals surface area contributed by atoms with Crippen molar-refractivity contribution in [1.82, 2.24) is 14.9 Å². The standard InChI is InChI=1S/C23H31N3O4S2/c1-5-15(4)24-18(27)14-31-23-25-20-16-10-8-9-11-17(16)32-21(20)22(28)26(23)13-12-19(29-6-2)30-7-3/h8-11,15,19H,5-7,12-14H2,1-4H3,(H,24,27)/t15-/m1/s1. The van der Waals surface area contributed by atoms with Crippen molar-refractivity contribution in [2.45, 2.75) is 64.6 Å². The number of carbonyl (C=O) groups is 1. The van der Waals surface area contributed by atoms with E-state index in [0.29, 0.717) is 41.6 Å². The predicted octanol–water partition coefficient (Wildman–Crippen LogP) is 4.41. The first-order chi connectivity index (χ1) is 15.5. The summed E-state index contributed by atoms with van der Waals surface area (Å²) >= 11 is 2.74. The fraction of sp³-hybridized carbons (Fsp3) is 0.522. The third kappa shape index (κ3) is 5.89. The summed E-state index contributed by atoms with van der Waals surface area (Å²) in [5.74, 6) is 0.131. The second kappa shape index (κ2) is 11.8. The van der Waals surface area contributed by atoms with E-state index < -0.39 is 0 Å². The number of thioether (sulfide) groups is 1. The van der Waals surface area contributed by atoms with Crippen LogP contribution in [0, 0.1) is 0 Å². The zero-order chi connectivity index (χ0) is 23.1. The predicted molar refractivity (Wildman–Crippen MR) is 132 cm³/mol. The third-order valence-corrected chi connectivity index (χ3v) is 7.22. The number of aromatic nitrogens is 2. The summed E-state index contributed by atoms with van der Waals surface area (Å²) in [5, 5.41) is 4.47. The van der Waals surface area contributed by atoms with Gasteiger partial charge in [0.25, 0.3) is 5.56 Å². The minimum Gasteiger partial charge on any atom is -0.353 e. The average Bonchev–Trinajstić information content (AvgIpc) is 3.16. The van der Waals surface area contributed by atoms with E-state index in [0.717, 1.165) is 16.5 Å². The van der Waals surface area contributed by atoms with Gasteiger partial charge in [-0.3, -0.25) is 14.2 Å². The molecule has 0 aliphatic rings. The molecule has 3 aromatic rings. The van der Waals surface area contributed by atoms with Crippen LogP contribution in [0.3, 0.4) is 0 Å². The molecule has 1 amide bonds. The molecule has 0 aliphatic carbocycles. The first-order valence-corrected chi connectivity index (χ1v) is 12.9. The van der Waals surface area contributed by atoms with Crippen molar-refractivity contribution in [2.75, 3.05) is 19.0 Å². The highest BCUT2D eigenvalue weighted by molar-refractivity contribution is 7.99. The van der Waals surface area contributed by atoms with Crippen molar-refractivity contribution in [3.8, 4) is 0 Å². The summed E-state index contributed by atoms with van der Waals surface area (Å²) in [6, 6.07) is 8.00. The maximum Gasteiger partial charge on any atom is 0.272 e. The molecular formula is C23H31N3O4S2. The van der Waals surface area contributed by atoms with Crippen LogP contribution < -0.4 is 10.9 Å². The van der Waals surface area contributed by atoms with Crippen LogP contribution in [0.15, 0.2) is 34.2 Å². The van der Waals surface area contributed by atoms with Crippen LogP contribution in [0.5, 0.6) is 0 Å². The van der Waals surface area contributed by atoms with Crippen LogP contribution in [0.1, 0.15) is 40.5 Å². The number of nitrogens with one attached hydrogen (secondary N) is 1. The molecule has 7 nitrogen and oxygen atoms in total. The van der Waals surface area contributed by atoms with Crippen LogP contribution in [-0.2, 0) is 20.8 Å². The first-order valence-electron chi connectivity index (χ1n) is 11.1. The lowest BCUT2D eigenvalue weighted by molar-refractivity contribution is -0.141. The van der Waals surface area contributed by atoms with Crippen LogP contribution in [0.25, 0.3) is 20.3 Å². The molecule has 0 spiro atoms. The van der Waals surface area contributed by atoms with Gasteiger partial charge in [0.2, 0.25) is 5.91 Å². The molecule has 2 aromatic heterocycles. The van der Waals surface area contributed by atoms with Crippen LogP contribution in [0.2, 0.25) is 0 Å². The molecule has 9 heteroatoms. The number of nitrogens with zero attached hydrogens (tertiary/aromatic N) is 2. The Labute approximate surface area is 196 Å². The molecule has 2 heterocycles. The van der Waals surface area contributed by atoms with Crippen molar-refractivity contribution in [3.63, 3.8) is 0 Å². The molecule has 0 bridgehead atoms. The van der Waals surface area contributed by atoms with E-state index in [1.54, 1.807) is 4.57 Å². The number of benzene rings is 1. The SMILES string of the molecule is CCOC(CCn1c(SCC(=O)N[C@H](C)CC)nc2c(sc3ccccc32)c1=O)OCC. The average molecular weight is 478 g/mol. The van der Waals surface area contributed by atoms with Crippen LogP contribution >= 0.6 is 23.1 Å². The Balaban J connectivity index is 1.95. The number of fused-ring (bicyclic) bond motifs is 3. The zero-order valence-electron chi connectivity index (χ0n) is 19.1. The Kier molecular flexibility index (Phi) is 9.10. The normalized spacial score (nSPS) is 12.7. The van der Waals surface area contributed by atoms with Gasteiger partial charge in [0.1, 0.15) is 4.70 Å². The summed E-state index contributed by atoms with van der Waals surface area (Å²) in [4.78, 5) is 30.7. The molecule has 0 fully saturated rings. The van der Waals surface area contributed by atoms with Crippen molar-refractivity contribution in [1.29, 1.82) is 0 Å². The van der Waals surface area contributed by atoms with E-state index in [9.17, 15) is 9.59 Å². The number of rotatable bonds is 12. The van der Waals surface area contributed by atoms with E-state index >= 15 is 0 Å². The fourth-order valence-corrected chi connectivity index (χ4v) is 5.25. The second-order valence-electron chi connectivity index (χ2n) is 7.42. The van der Waals surface area contributed by atoms with Crippen molar-refractivity contribution < 1.29 is 14.3 Å². The fourth-order valence-electron chi connectivity index (χ4n) is 3.33. The highest BCUT2D eigenvalue weighted by atomic mass is 32.2. The van der Waals surface area contributed by atoms with Gasteiger partial charge in [-0.15, -0.1) is 11.3 Å². The van der Waals surface area contributed by atoms with Crippen molar-refractivity contribution >= 4 is 49.3 Å². The molecule has 0 aliphatic heterocycles. The summed E-state index contributed by atoms with van der Waals surface area (Å²) < 4.78 is 14.6. The number of ether oxygens (including phenoxy) is 2. The highest BCUT2D eigenvalue weighted by Gasteiger charge is 2.19. The van der Waals surface area contributed by atoms with E-state index in [1.165, 1.54) is 23.1 Å². The van der Waals surface area contributed by atoms with Gasteiger partial charge in [0, 0.05) is 42.3 Å². The number of amides is 1. The van der Waals surface area contributed by atoms with Gasteiger partial charge in [0.05, 0.1) is 11.3 Å². The summed E-state index contributed by atoms with van der Waals surface area (Å²) in [6.07, 6.45) is 0.996. The monoisotopic (exact) mass is 477 g/mol. The van der Waals surface area contributed by atoms with E-state index in [1.807, 2.05) is 52.0 Å². The molecule has 0 unspecified atom stereocenters. The number of thiophene rings is 1. The molecular weight excluding hydrogens is 446 g/mol. The Morgan fingerprint density at radius 1 is 1.22 bits per heavy atom. The molecule has 174 valence electrons. The van der Waals surface area contributed by atoms with Crippen LogP contribution in [-0.4, -0.2) is 46.8 Å². The molecule has 3 rings (SSSR count). The van der Waals surface area contributed by atoms with Gasteiger partial charge in [-0.1, -0.05) is 36.9 Å². The molecule has 0 saturated carbocycles. The van der Waals surface area contributed by atoms with Crippen molar-refractivity contribution in [3.05, 3.63) is 34.6 Å². The minimum atomic E-state index is -0.387. The lowest BCUT2D eigenvalue weighted by atomic mass is 10.2. The Bertz CT molecular complexity index is 1110. The van der Waals surface area contributed by atoms with Gasteiger partial charge >= 0.3 is 0 Å². The molecule has 32 heavy (non-hydrogen) atoms. The topological polar surface area (TPSA) is 82.5 Å². The quantitative estimate of drug-likeness (QED) is 0.236. The number of hydrogen-bond donors (Lipinski definition) is 1. The van der Waals surface area contributed by atoms with E-state index in [-0.39, 0.29) is 29.6 Å². The summed E-state index contributed by atoms with van der Waals surface area (Å²) in [5.41, 5.74) is 0.607. The third-order valence-electron chi connectivity index (χ3n) is 5.09. The first kappa shape index (κ1) is 24.7. The summed E-state index contributed by atoms with van der Waals surface area (Å²) in [7, 11) is 0. The number of hydrogen-bond acceptors (Lipinski definition) is 7. The lowest BCUT2D eigenvalue weighted by Crippen LogP contribution is -2.33. The Hall–Kier alpha value is -1.94.